The summed E-state index contributed by atoms with van der Waals surface area (Å²) in [6, 6.07) is -0.370. The molecule has 0 radical (unpaired) electrons. The Bertz CT molecular complexity index is 538. The van der Waals surface area contributed by atoms with Crippen LogP contribution in [0, 0.1) is 0 Å². The van der Waals surface area contributed by atoms with Crippen molar-refractivity contribution in [3.8, 4) is 6.08 Å². The molecule has 0 aromatic carbocycles. The Balaban J connectivity index is 1.77. The van der Waals surface area contributed by atoms with E-state index in [1.54, 1.807) is 13.8 Å². The third-order valence-corrected chi connectivity index (χ3v) is 3.14. The van der Waals surface area contributed by atoms with Gasteiger partial charge in [-0.05, 0) is 20.3 Å². The number of amides is 3. The lowest BCUT2D eigenvalue weighted by molar-refractivity contribution is -0.130. The van der Waals surface area contributed by atoms with E-state index < -0.39 is 5.54 Å². The maximum atomic E-state index is 11.9. The molecule has 1 aromatic heterocycles. The van der Waals surface area contributed by atoms with Gasteiger partial charge in [0, 0.05) is 12.5 Å². The van der Waals surface area contributed by atoms with E-state index in [4.69, 9.17) is 9.26 Å². The van der Waals surface area contributed by atoms with E-state index in [9.17, 15) is 9.59 Å². The van der Waals surface area contributed by atoms with Crippen molar-refractivity contribution < 1.29 is 18.8 Å². The summed E-state index contributed by atoms with van der Waals surface area (Å²) >= 11 is 0. The van der Waals surface area contributed by atoms with E-state index >= 15 is 0 Å². The number of aromatic nitrogens is 2. The van der Waals surface area contributed by atoms with Crippen molar-refractivity contribution in [1.29, 1.82) is 0 Å². The van der Waals surface area contributed by atoms with Gasteiger partial charge in [0.25, 0.3) is 5.91 Å². The summed E-state index contributed by atoms with van der Waals surface area (Å²) in [5, 5.41) is 6.40. The summed E-state index contributed by atoms with van der Waals surface area (Å²) in [6.07, 6.45) is 0.602. The molecule has 1 aromatic rings. The zero-order valence-corrected chi connectivity index (χ0v) is 12.7. The minimum Gasteiger partial charge on any atom is -0.449 e. The number of rotatable bonds is 6. The van der Waals surface area contributed by atoms with Gasteiger partial charge in [0.05, 0.1) is 6.61 Å². The zero-order valence-electron chi connectivity index (χ0n) is 12.7. The summed E-state index contributed by atoms with van der Waals surface area (Å²) in [7, 11) is 0. The molecule has 0 atom stereocenters. The van der Waals surface area contributed by atoms with Gasteiger partial charge in [-0.3, -0.25) is 14.2 Å². The largest absolute Gasteiger partial charge is 0.449 e. The highest BCUT2D eigenvalue weighted by molar-refractivity contribution is 6.06. The molecule has 21 heavy (non-hydrogen) atoms. The zero-order chi connectivity index (χ0) is 15.6. The third-order valence-electron chi connectivity index (χ3n) is 3.14. The molecule has 116 valence electrons. The summed E-state index contributed by atoms with van der Waals surface area (Å²) in [5.41, 5.74) is -0.837. The van der Waals surface area contributed by atoms with Gasteiger partial charge < -0.3 is 10.1 Å². The number of ether oxygens (including phenoxy) is 1. The van der Waals surface area contributed by atoms with Crippen LogP contribution in [0.1, 0.15) is 45.9 Å². The molecule has 0 saturated carbocycles. The Kier molecular flexibility index (Phi) is 4.15. The average Bonchev–Trinajstić information content (AvgIpc) is 2.92. The van der Waals surface area contributed by atoms with Crippen LogP contribution in [0.15, 0.2) is 4.52 Å². The number of hydrogen-bond acceptors (Lipinski definition) is 6. The van der Waals surface area contributed by atoms with Crippen LogP contribution in [0.4, 0.5) is 4.79 Å². The molecule has 1 aliphatic heterocycles. The first-order valence-corrected chi connectivity index (χ1v) is 6.92. The first kappa shape index (κ1) is 15.3. The summed E-state index contributed by atoms with van der Waals surface area (Å²) in [4.78, 5) is 28.9. The van der Waals surface area contributed by atoms with E-state index in [1.165, 1.54) is 4.90 Å². The Labute approximate surface area is 122 Å². The average molecular weight is 296 g/mol. The fraction of sp³-hybridized carbons (Fsp3) is 0.692. The van der Waals surface area contributed by atoms with Crippen LogP contribution in [0.25, 0.3) is 0 Å². The number of nitrogens with zero attached hydrogens (tertiary/aromatic N) is 3. The molecule has 0 aliphatic carbocycles. The van der Waals surface area contributed by atoms with Gasteiger partial charge in [0.15, 0.2) is 5.82 Å². The molecule has 8 nitrogen and oxygen atoms in total. The van der Waals surface area contributed by atoms with Gasteiger partial charge in [0.1, 0.15) is 5.54 Å². The van der Waals surface area contributed by atoms with Crippen molar-refractivity contribution in [2.45, 2.75) is 45.6 Å². The molecule has 3 amide bonds. The number of carbonyl (C=O) groups is 2. The van der Waals surface area contributed by atoms with Crippen LogP contribution in [-0.4, -0.2) is 45.7 Å². The number of hydrogen-bond donors (Lipinski definition) is 1. The lowest BCUT2D eigenvalue weighted by Crippen LogP contribution is -2.40. The Hall–Kier alpha value is -2.12. The molecule has 1 N–H and O–H groups in total. The normalized spacial score (nSPS) is 17.5. The van der Waals surface area contributed by atoms with E-state index in [-0.39, 0.29) is 30.5 Å². The smallest absolute Gasteiger partial charge is 0.417 e. The molecule has 0 spiro atoms. The van der Waals surface area contributed by atoms with Crippen LogP contribution in [0.3, 0.4) is 0 Å². The second kappa shape index (κ2) is 5.71. The quantitative estimate of drug-likeness (QED) is 0.627. The monoisotopic (exact) mass is 296 g/mol. The maximum Gasteiger partial charge on any atom is 0.417 e. The Morgan fingerprint density at radius 2 is 2.10 bits per heavy atom. The fourth-order valence-electron chi connectivity index (χ4n) is 1.92. The summed E-state index contributed by atoms with van der Waals surface area (Å²) in [5.74, 6) is 0.521. The van der Waals surface area contributed by atoms with Gasteiger partial charge in [0.2, 0.25) is 0 Å². The van der Waals surface area contributed by atoms with Crippen molar-refractivity contribution in [3.05, 3.63) is 5.82 Å². The predicted octanol–water partition coefficient (Wildman–Crippen LogP) is 1.29. The van der Waals surface area contributed by atoms with Crippen LogP contribution in [-0.2, 0) is 4.79 Å². The van der Waals surface area contributed by atoms with Gasteiger partial charge in [-0.25, -0.2) is 4.79 Å². The lowest BCUT2D eigenvalue weighted by atomic mass is 10.1. The minimum absolute atomic E-state index is 0.108. The highest BCUT2D eigenvalue weighted by atomic mass is 16.6. The Morgan fingerprint density at radius 3 is 2.62 bits per heavy atom. The molecule has 8 heteroatoms. The second-order valence-electron chi connectivity index (χ2n) is 5.79. The molecule has 2 rings (SSSR count). The fourth-order valence-corrected chi connectivity index (χ4v) is 1.92. The molecule has 0 bridgehead atoms. The summed E-state index contributed by atoms with van der Waals surface area (Å²) < 4.78 is 10.2. The Morgan fingerprint density at radius 1 is 1.38 bits per heavy atom. The van der Waals surface area contributed by atoms with Gasteiger partial charge in [-0.15, -0.1) is 0 Å². The van der Waals surface area contributed by atoms with E-state index in [1.807, 2.05) is 13.8 Å². The van der Waals surface area contributed by atoms with Gasteiger partial charge >= 0.3 is 12.1 Å². The summed E-state index contributed by atoms with van der Waals surface area (Å²) in [6.45, 7) is 7.84. The first-order valence-electron chi connectivity index (χ1n) is 6.92. The standard InChI is InChI=1S/C13H20N4O4/c1-8(2)9-14-12(21-16-9)20-7-5-6-17-10(18)13(3,4)15-11(17)19/h8H,5-7H2,1-4H3,(H,15,19). The molecule has 1 fully saturated rings. The first-order chi connectivity index (χ1) is 9.81. The molecular formula is C13H20N4O4. The number of nitrogens with one attached hydrogen (secondary N) is 1. The molecular weight excluding hydrogens is 276 g/mol. The van der Waals surface area contributed by atoms with Crippen LogP contribution < -0.4 is 10.1 Å². The number of imide groups is 1. The van der Waals surface area contributed by atoms with Gasteiger partial charge in [-0.2, -0.15) is 4.98 Å². The highest BCUT2D eigenvalue weighted by Gasteiger charge is 2.43. The molecule has 2 heterocycles. The van der Waals surface area contributed by atoms with E-state index in [0.29, 0.717) is 18.8 Å². The lowest BCUT2D eigenvalue weighted by Gasteiger charge is -2.15. The minimum atomic E-state index is -0.837. The van der Waals surface area contributed by atoms with Crippen molar-refractivity contribution in [2.24, 2.45) is 0 Å². The van der Waals surface area contributed by atoms with Crippen LogP contribution in [0.2, 0.25) is 0 Å². The van der Waals surface area contributed by atoms with E-state index in [0.717, 1.165) is 0 Å². The van der Waals surface area contributed by atoms with Gasteiger partial charge in [-0.1, -0.05) is 19.0 Å². The predicted molar refractivity (Wildman–Crippen MR) is 72.8 cm³/mol. The number of urea groups is 1. The molecule has 1 saturated heterocycles. The SMILES string of the molecule is CC(C)c1noc(OCCCN2C(=O)NC(C)(C)C2=O)n1. The van der Waals surface area contributed by atoms with Crippen LogP contribution in [0.5, 0.6) is 6.08 Å². The topological polar surface area (TPSA) is 97.6 Å². The van der Waals surface area contributed by atoms with Crippen LogP contribution >= 0.6 is 0 Å². The van der Waals surface area contributed by atoms with Crippen molar-refractivity contribution >= 4 is 11.9 Å². The molecule has 0 unspecified atom stereocenters. The maximum absolute atomic E-state index is 11.9. The van der Waals surface area contributed by atoms with Crippen molar-refractivity contribution in [1.82, 2.24) is 20.4 Å². The van der Waals surface area contributed by atoms with Crippen molar-refractivity contribution in [3.63, 3.8) is 0 Å². The molecule has 1 aliphatic rings. The second-order valence-corrected chi connectivity index (χ2v) is 5.79. The van der Waals surface area contributed by atoms with E-state index in [2.05, 4.69) is 15.5 Å². The highest BCUT2D eigenvalue weighted by Crippen LogP contribution is 2.17. The number of carbonyl (C=O) groups excluding carboxylic acids is 2. The van der Waals surface area contributed by atoms with Crippen molar-refractivity contribution in [2.75, 3.05) is 13.2 Å². The third kappa shape index (κ3) is 3.32.